The van der Waals surface area contributed by atoms with Crippen LogP contribution in [0.1, 0.15) is 19.3 Å². The standard InChI is InChI=1S/C13H17FN2O2/c1-18-12-7-9(14)4-5-11(12)16-13(17)8-10-3-2-6-15-10/h4-5,7,10,15H,2-3,6,8H2,1H3,(H,16,17). The number of carbonyl (C=O) groups excluding carboxylic acids is 1. The quantitative estimate of drug-likeness (QED) is 0.860. The minimum Gasteiger partial charge on any atom is -0.494 e. The van der Waals surface area contributed by atoms with Crippen molar-refractivity contribution in [3.63, 3.8) is 0 Å². The van der Waals surface area contributed by atoms with Gasteiger partial charge in [-0.3, -0.25) is 4.79 Å². The molecule has 0 spiro atoms. The molecule has 1 unspecified atom stereocenters. The lowest BCUT2D eigenvalue weighted by Gasteiger charge is -2.12. The molecule has 2 N–H and O–H groups in total. The number of anilines is 1. The molecule has 0 saturated carbocycles. The van der Waals surface area contributed by atoms with Crippen LogP contribution in [0.2, 0.25) is 0 Å². The van der Waals surface area contributed by atoms with E-state index in [2.05, 4.69) is 10.6 Å². The number of nitrogens with one attached hydrogen (secondary N) is 2. The minimum absolute atomic E-state index is 0.0840. The Morgan fingerprint density at radius 3 is 3.11 bits per heavy atom. The first-order chi connectivity index (χ1) is 8.69. The Kier molecular flexibility index (Phi) is 4.15. The molecule has 0 aliphatic carbocycles. The molecule has 1 atom stereocenters. The zero-order valence-electron chi connectivity index (χ0n) is 10.3. The highest BCUT2D eigenvalue weighted by Gasteiger charge is 2.18. The van der Waals surface area contributed by atoms with Crippen molar-refractivity contribution in [2.75, 3.05) is 19.0 Å². The van der Waals surface area contributed by atoms with Crippen LogP contribution in [-0.2, 0) is 4.79 Å². The van der Waals surface area contributed by atoms with Crippen molar-refractivity contribution in [2.45, 2.75) is 25.3 Å². The fourth-order valence-corrected chi connectivity index (χ4v) is 2.12. The maximum absolute atomic E-state index is 13.0. The van der Waals surface area contributed by atoms with E-state index in [4.69, 9.17) is 4.74 Å². The first-order valence-electron chi connectivity index (χ1n) is 6.06. The third kappa shape index (κ3) is 3.20. The molecule has 0 bridgehead atoms. The van der Waals surface area contributed by atoms with E-state index in [9.17, 15) is 9.18 Å². The van der Waals surface area contributed by atoms with Gasteiger partial charge < -0.3 is 15.4 Å². The molecule has 1 saturated heterocycles. The number of methoxy groups -OCH3 is 1. The Morgan fingerprint density at radius 1 is 1.61 bits per heavy atom. The number of carbonyl (C=O) groups is 1. The largest absolute Gasteiger partial charge is 0.494 e. The van der Waals surface area contributed by atoms with Gasteiger partial charge in [-0.15, -0.1) is 0 Å². The first-order valence-corrected chi connectivity index (χ1v) is 6.06. The summed E-state index contributed by atoms with van der Waals surface area (Å²) in [5.74, 6) is -0.135. The molecule has 1 heterocycles. The van der Waals surface area contributed by atoms with E-state index in [-0.39, 0.29) is 17.8 Å². The predicted octanol–water partition coefficient (Wildman–Crippen LogP) is 1.91. The summed E-state index contributed by atoms with van der Waals surface area (Å²) in [6.45, 7) is 0.970. The van der Waals surface area contributed by atoms with E-state index in [0.717, 1.165) is 19.4 Å². The Hall–Kier alpha value is -1.62. The van der Waals surface area contributed by atoms with Crippen LogP contribution in [0.25, 0.3) is 0 Å². The summed E-state index contributed by atoms with van der Waals surface area (Å²) < 4.78 is 18.0. The van der Waals surface area contributed by atoms with Crippen molar-refractivity contribution in [3.05, 3.63) is 24.0 Å². The van der Waals surface area contributed by atoms with E-state index in [1.165, 1.54) is 25.3 Å². The second-order valence-corrected chi connectivity index (χ2v) is 4.39. The Balaban J connectivity index is 1.97. The Morgan fingerprint density at radius 2 is 2.44 bits per heavy atom. The first kappa shape index (κ1) is 12.8. The fraction of sp³-hybridized carbons (Fsp3) is 0.462. The van der Waals surface area contributed by atoms with Gasteiger partial charge in [-0.25, -0.2) is 4.39 Å². The normalized spacial score (nSPS) is 18.7. The van der Waals surface area contributed by atoms with E-state index < -0.39 is 0 Å². The van der Waals surface area contributed by atoms with Crippen molar-refractivity contribution in [3.8, 4) is 5.75 Å². The van der Waals surface area contributed by atoms with Crippen molar-refractivity contribution >= 4 is 11.6 Å². The van der Waals surface area contributed by atoms with E-state index in [1.807, 2.05) is 0 Å². The molecular weight excluding hydrogens is 235 g/mol. The monoisotopic (exact) mass is 252 g/mol. The van der Waals surface area contributed by atoms with Crippen LogP contribution < -0.4 is 15.4 Å². The number of halogens is 1. The average molecular weight is 252 g/mol. The van der Waals surface area contributed by atoms with Gasteiger partial charge in [0.15, 0.2) is 0 Å². The molecule has 4 nitrogen and oxygen atoms in total. The third-order valence-corrected chi connectivity index (χ3v) is 3.03. The summed E-state index contributed by atoms with van der Waals surface area (Å²) in [4.78, 5) is 11.8. The van der Waals surface area contributed by atoms with Crippen LogP contribution in [0.5, 0.6) is 5.75 Å². The Bertz CT molecular complexity index is 431. The summed E-state index contributed by atoms with van der Waals surface area (Å²) in [5, 5.41) is 6.00. The second kappa shape index (κ2) is 5.82. The molecule has 2 rings (SSSR count). The lowest BCUT2D eigenvalue weighted by atomic mass is 10.1. The van der Waals surface area contributed by atoms with Crippen LogP contribution in [0.4, 0.5) is 10.1 Å². The van der Waals surface area contributed by atoms with E-state index in [1.54, 1.807) is 0 Å². The van der Waals surface area contributed by atoms with Crippen LogP contribution in [0.3, 0.4) is 0 Å². The van der Waals surface area contributed by atoms with Gasteiger partial charge in [-0.05, 0) is 31.5 Å². The van der Waals surface area contributed by atoms with Gasteiger partial charge in [0.1, 0.15) is 11.6 Å². The molecule has 1 fully saturated rings. The van der Waals surface area contributed by atoms with Crippen LogP contribution >= 0.6 is 0 Å². The van der Waals surface area contributed by atoms with Gasteiger partial charge in [0.05, 0.1) is 12.8 Å². The molecule has 5 heteroatoms. The molecule has 1 aliphatic heterocycles. The van der Waals surface area contributed by atoms with E-state index in [0.29, 0.717) is 17.9 Å². The van der Waals surface area contributed by atoms with Crippen LogP contribution in [0, 0.1) is 5.82 Å². The summed E-state index contributed by atoms with van der Waals surface area (Å²) >= 11 is 0. The number of amides is 1. The maximum Gasteiger partial charge on any atom is 0.226 e. The van der Waals surface area contributed by atoms with Crippen molar-refractivity contribution in [1.82, 2.24) is 5.32 Å². The van der Waals surface area contributed by atoms with Gasteiger partial charge in [0, 0.05) is 18.5 Å². The number of hydrogen-bond donors (Lipinski definition) is 2. The van der Waals surface area contributed by atoms with Crippen LogP contribution in [-0.4, -0.2) is 25.6 Å². The zero-order valence-corrected chi connectivity index (χ0v) is 10.3. The van der Waals surface area contributed by atoms with Gasteiger partial charge in [-0.1, -0.05) is 0 Å². The lowest BCUT2D eigenvalue weighted by Crippen LogP contribution is -2.27. The highest BCUT2D eigenvalue weighted by molar-refractivity contribution is 5.92. The molecule has 1 aliphatic rings. The van der Waals surface area contributed by atoms with Crippen molar-refractivity contribution in [1.29, 1.82) is 0 Å². The maximum atomic E-state index is 13.0. The summed E-state index contributed by atoms with van der Waals surface area (Å²) in [5.41, 5.74) is 0.502. The summed E-state index contributed by atoms with van der Waals surface area (Å²) in [6, 6.07) is 4.31. The molecule has 1 aromatic carbocycles. The highest BCUT2D eigenvalue weighted by Crippen LogP contribution is 2.25. The fourth-order valence-electron chi connectivity index (χ4n) is 2.12. The predicted molar refractivity (Wildman–Crippen MR) is 67.2 cm³/mol. The summed E-state index contributed by atoms with van der Waals surface area (Å²) in [7, 11) is 1.45. The third-order valence-electron chi connectivity index (χ3n) is 3.03. The molecule has 0 aromatic heterocycles. The van der Waals surface area contributed by atoms with E-state index >= 15 is 0 Å². The van der Waals surface area contributed by atoms with Crippen molar-refractivity contribution < 1.29 is 13.9 Å². The van der Waals surface area contributed by atoms with Gasteiger partial charge >= 0.3 is 0 Å². The van der Waals surface area contributed by atoms with Crippen LogP contribution in [0.15, 0.2) is 18.2 Å². The topological polar surface area (TPSA) is 50.4 Å². The number of ether oxygens (including phenoxy) is 1. The molecule has 98 valence electrons. The molecule has 1 aromatic rings. The Labute approximate surface area is 106 Å². The zero-order chi connectivity index (χ0) is 13.0. The minimum atomic E-state index is -0.387. The van der Waals surface area contributed by atoms with Gasteiger partial charge in [-0.2, -0.15) is 0 Å². The molecular formula is C13H17FN2O2. The van der Waals surface area contributed by atoms with Gasteiger partial charge in [0.2, 0.25) is 5.91 Å². The molecule has 0 radical (unpaired) electrons. The second-order valence-electron chi connectivity index (χ2n) is 4.39. The van der Waals surface area contributed by atoms with Gasteiger partial charge in [0.25, 0.3) is 0 Å². The molecule has 18 heavy (non-hydrogen) atoms. The number of benzene rings is 1. The number of rotatable bonds is 4. The lowest BCUT2D eigenvalue weighted by molar-refractivity contribution is -0.116. The molecule has 1 amide bonds. The smallest absolute Gasteiger partial charge is 0.226 e. The van der Waals surface area contributed by atoms with Crippen molar-refractivity contribution in [2.24, 2.45) is 0 Å². The average Bonchev–Trinajstić information content (AvgIpc) is 2.84. The SMILES string of the molecule is COc1cc(F)ccc1NC(=O)CC1CCCN1. The number of hydrogen-bond acceptors (Lipinski definition) is 3. The highest BCUT2D eigenvalue weighted by atomic mass is 19.1. The summed E-state index contributed by atoms with van der Waals surface area (Å²) in [6.07, 6.45) is 2.56.